The normalized spacial score (nSPS) is 11.0. The Labute approximate surface area is 175 Å². The molecule has 30 heavy (non-hydrogen) atoms. The second-order valence-electron chi connectivity index (χ2n) is 6.01. The summed E-state index contributed by atoms with van der Waals surface area (Å²) < 4.78 is 32.3. The summed E-state index contributed by atoms with van der Waals surface area (Å²) >= 11 is 1.16. The number of anilines is 2. The minimum absolute atomic E-state index is 0.0217. The number of nitro groups is 1. The smallest absolute Gasteiger partial charge is 0.269 e. The molecular weight excluding hydrogens is 432 g/mol. The third-order valence-corrected chi connectivity index (χ3v) is 6.00. The third-order valence-electron chi connectivity index (χ3n) is 3.83. The summed E-state index contributed by atoms with van der Waals surface area (Å²) in [7, 11) is -3.78. The number of thiazole rings is 1. The highest BCUT2D eigenvalue weighted by molar-refractivity contribution is 7.93. The molecule has 3 aromatic rings. The topological polar surface area (TPSA) is 141 Å². The van der Waals surface area contributed by atoms with Gasteiger partial charge in [0.15, 0.2) is 11.7 Å². The van der Waals surface area contributed by atoms with Crippen molar-refractivity contribution < 1.29 is 22.9 Å². The molecule has 0 saturated carbocycles. The lowest BCUT2D eigenvalue weighted by Gasteiger charge is -2.10. The second kappa shape index (κ2) is 8.88. The Balaban J connectivity index is 1.57. The van der Waals surface area contributed by atoms with E-state index < -0.39 is 20.9 Å². The summed E-state index contributed by atoms with van der Waals surface area (Å²) in [6.07, 6.45) is 1.49. The molecule has 0 bridgehead atoms. The lowest BCUT2D eigenvalue weighted by molar-refractivity contribution is -0.384. The number of non-ortho nitro benzene ring substituents is 1. The van der Waals surface area contributed by atoms with E-state index in [0.717, 1.165) is 11.3 Å². The molecule has 1 aromatic heterocycles. The maximum Gasteiger partial charge on any atom is 0.269 e. The first-order chi connectivity index (χ1) is 14.2. The number of nitrogens with one attached hydrogen (secondary N) is 2. The van der Waals surface area contributed by atoms with Gasteiger partial charge in [-0.05, 0) is 42.8 Å². The maximum atomic E-state index is 12.3. The van der Waals surface area contributed by atoms with Crippen molar-refractivity contribution in [1.29, 1.82) is 0 Å². The number of aromatic nitrogens is 1. The summed E-state index contributed by atoms with van der Waals surface area (Å²) in [4.78, 5) is 26.2. The van der Waals surface area contributed by atoms with Crippen molar-refractivity contribution in [2.24, 2.45) is 0 Å². The van der Waals surface area contributed by atoms with E-state index in [1.165, 1.54) is 48.7 Å². The van der Waals surface area contributed by atoms with Gasteiger partial charge in [-0.25, -0.2) is 13.4 Å². The molecule has 3 rings (SSSR count). The van der Waals surface area contributed by atoms with Gasteiger partial charge in [0.05, 0.1) is 9.82 Å². The third kappa shape index (κ3) is 5.30. The van der Waals surface area contributed by atoms with Crippen LogP contribution in [0.1, 0.15) is 5.56 Å². The Hall–Kier alpha value is -3.51. The Morgan fingerprint density at radius 1 is 1.23 bits per heavy atom. The van der Waals surface area contributed by atoms with Gasteiger partial charge >= 0.3 is 0 Å². The summed E-state index contributed by atoms with van der Waals surface area (Å²) in [5.41, 5.74) is 0.847. The van der Waals surface area contributed by atoms with E-state index in [1.807, 2.05) is 0 Å². The fourth-order valence-electron chi connectivity index (χ4n) is 2.41. The molecule has 0 aliphatic heterocycles. The molecule has 0 spiro atoms. The number of rotatable bonds is 8. The number of sulfonamides is 1. The largest absolute Gasteiger partial charge is 0.483 e. The van der Waals surface area contributed by atoms with Crippen LogP contribution >= 0.6 is 11.3 Å². The van der Waals surface area contributed by atoms with Crippen LogP contribution < -0.4 is 14.8 Å². The fraction of sp³-hybridized carbons (Fsp3) is 0.111. The van der Waals surface area contributed by atoms with Crippen LogP contribution in [0.5, 0.6) is 5.75 Å². The Morgan fingerprint density at radius 3 is 2.57 bits per heavy atom. The number of hydrogen-bond acceptors (Lipinski definition) is 8. The molecule has 1 amide bonds. The van der Waals surface area contributed by atoms with Gasteiger partial charge in [0, 0.05) is 29.4 Å². The highest BCUT2D eigenvalue weighted by Crippen LogP contribution is 2.23. The predicted molar refractivity (Wildman–Crippen MR) is 111 cm³/mol. The maximum absolute atomic E-state index is 12.3. The number of benzene rings is 2. The van der Waals surface area contributed by atoms with Gasteiger partial charge in [-0.2, -0.15) is 0 Å². The standard InChI is InChI=1S/C18H16N4O6S2/c1-12-10-14(22(24)25)4-7-16(12)28-11-17(23)20-13-2-5-15(6-3-13)30(26,27)21-18-19-8-9-29-18/h2-10H,11H2,1H3,(H,19,21)(H,20,23). The van der Waals surface area contributed by atoms with Crippen LogP contribution in [0, 0.1) is 17.0 Å². The SMILES string of the molecule is Cc1cc([N+](=O)[O-])ccc1OCC(=O)Nc1ccc(S(=O)(=O)Nc2nccs2)cc1. The van der Waals surface area contributed by atoms with Crippen LogP contribution in [0.15, 0.2) is 58.9 Å². The first-order valence-electron chi connectivity index (χ1n) is 8.45. The lowest BCUT2D eigenvalue weighted by atomic mass is 10.2. The van der Waals surface area contributed by atoms with E-state index in [0.29, 0.717) is 17.0 Å². The Kier molecular flexibility index (Phi) is 6.28. The van der Waals surface area contributed by atoms with Gasteiger partial charge in [0.1, 0.15) is 5.75 Å². The molecule has 12 heteroatoms. The molecule has 0 aliphatic rings. The molecule has 2 N–H and O–H groups in total. The van der Waals surface area contributed by atoms with Crippen LogP contribution in [-0.4, -0.2) is 30.8 Å². The molecule has 10 nitrogen and oxygen atoms in total. The van der Waals surface area contributed by atoms with Gasteiger partial charge in [0.25, 0.3) is 21.6 Å². The zero-order valence-electron chi connectivity index (χ0n) is 15.6. The number of hydrogen-bond donors (Lipinski definition) is 2. The molecule has 0 radical (unpaired) electrons. The lowest BCUT2D eigenvalue weighted by Crippen LogP contribution is -2.20. The van der Waals surface area contributed by atoms with E-state index in [2.05, 4.69) is 15.0 Å². The number of carbonyl (C=O) groups excluding carboxylic acids is 1. The monoisotopic (exact) mass is 448 g/mol. The molecule has 1 heterocycles. The van der Waals surface area contributed by atoms with Crippen LogP contribution in [0.4, 0.5) is 16.5 Å². The average molecular weight is 448 g/mol. The zero-order chi connectivity index (χ0) is 21.7. The first kappa shape index (κ1) is 21.2. The number of nitrogens with zero attached hydrogens (tertiary/aromatic N) is 2. The zero-order valence-corrected chi connectivity index (χ0v) is 17.2. The number of carbonyl (C=O) groups is 1. The molecule has 2 aromatic carbocycles. The van der Waals surface area contributed by atoms with Crippen molar-refractivity contribution in [3.05, 3.63) is 69.7 Å². The number of amides is 1. The van der Waals surface area contributed by atoms with Crippen molar-refractivity contribution in [1.82, 2.24) is 4.98 Å². The van der Waals surface area contributed by atoms with Crippen molar-refractivity contribution in [2.45, 2.75) is 11.8 Å². The van der Waals surface area contributed by atoms with Crippen molar-refractivity contribution >= 4 is 43.8 Å². The molecule has 0 atom stereocenters. The van der Waals surface area contributed by atoms with E-state index in [-0.39, 0.29) is 22.3 Å². The summed E-state index contributed by atoms with van der Waals surface area (Å²) in [5, 5.41) is 15.2. The molecule has 0 saturated heterocycles. The van der Waals surface area contributed by atoms with Crippen LogP contribution in [-0.2, 0) is 14.8 Å². The van der Waals surface area contributed by atoms with Crippen LogP contribution in [0.3, 0.4) is 0 Å². The first-order valence-corrected chi connectivity index (χ1v) is 10.8. The molecule has 0 aliphatic carbocycles. The quantitative estimate of drug-likeness (QED) is 0.398. The second-order valence-corrected chi connectivity index (χ2v) is 8.59. The minimum atomic E-state index is -3.78. The predicted octanol–water partition coefficient (Wildman–Crippen LogP) is 3.18. The highest BCUT2D eigenvalue weighted by atomic mass is 32.2. The van der Waals surface area contributed by atoms with Crippen molar-refractivity contribution in [2.75, 3.05) is 16.6 Å². The highest BCUT2D eigenvalue weighted by Gasteiger charge is 2.16. The van der Waals surface area contributed by atoms with Gasteiger partial charge in [-0.15, -0.1) is 11.3 Å². The Morgan fingerprint density at radius 2 is 1.97 bits per heavy atom. The molecule has 0 unspecified atom stereocenters. The molecule has 0 fully saturated rings. The molecule has 156 valence electrons. The van der Waals surface area contributed by atoms with Gasteiger partial charge in [0.2, 0.25) is 0 Å². The van der Waals surface area contributed by atoms with Crippen molar-refractivity contribution in [3.8, 4) is 5.75 Å². The summed E-state index contributed by atoms with van der Waals surface area (Å²) in [6.45, 7) is 1.32. The summed E-state index contributed by atoms with van der Waals surface area (Å²) in [5.74, 6) is -0.116. The number of nitro benzene ring substituents is 1. The van der Waals surface area contributed by atoms with E-state index in [4.69, 9.17) is 4.74 Å². The summed E-state index contributed by atoms with van der Waals surface area (Å²) in [6, 6.07) is 9.68. The van der Waals surface area contributed by atoms with Crippen LogP contribution in [0.25, 0.3) is 0 Å². The van der Waals surface area contributed by atoms with E-state index in [9.17, 15) is 23.3 Å². The fourth-order valence-corrected chi connectivity index (χ4v) is 4.20. The van der Waals surface area contributed by atoms with Crippen molar-refractivity contribution in [3.63, 3.8) is 0 Å². The van der Waals surface area contributed by atoms with E-state index >= 15 is 0 Å². The minimum Gasteiger partial charge on any atom is -0.483 e. The number of ether oxygens (including phenoxy) is 1. The van der Waals surface area contributed by atoms with Gasteiger partial charge < -0.3 is 10.1 Å². The van der Waals surface area contributed by atoms with Gasteiger partial charge in [-0.3, -0.25) is 19.6 Å². The number of aryl methyl sites for hydroxylation is 1. The van der Waals surface area contributed by atoms with E-state index in [1.54, 1.807) is 12.3 Å². The van der Waals surface area contributed by atoms with Crippen LogP contribution in [0.2, 0.25) is 0 Å². The molecular formula is C18H16N4O6S2. The van der Waals surface area contributed by atoms with Gasteiger partial charge in [-0.1, -0.05) is 0 Å². The Bertz CT molecular complexity index is 1160. The average Bonchev–Trinajstić information content (AvgIpc) is 3.19.